The molecule has 1 fully saturated rings. The molecule has 2 N–H and O–H groups in total. The summed E-state index contributed by atoms with van der Waals surface area (Å²) in [5.74, 6) is -0.461. The monoisotopic (exact) mass is 344 g/mol. The number of nitrogens with zero attached hydrogens (tertiary/aromatic N) is 2. The highest BCUT2D eigenvalue weighted by molar-refractivity contribution is 5.97. The number of likely N-dealkylation sites (N-methyl/N-ethyl adjacent to an activating group) is 1. The largest absolute Gasteiger partial charge is 0.360 e. The normalized spacial score (nSPS) is 17.7. The number of fused-ring (bicyclic) bond motifs is 1. The number of nitro groups is 1. The molecule has 132 valence electrons. The number of rotatable bonds is 5. The van der Waals surface area contributed by atoms with Gasteiger partial charge in [0.15, 0.2) is 0 Å². The predicted molar refractivity (Wildman–Crippen MR) is 93.8 cm³/mol. The van der Waals surface area contributed by atoms with E-state index in [4.69, 9.17) is 0 Å². The number of benzene rings is 1. The van der Waals surface area contributed by atoms with Crippen LogP contribution in [-0.2, 0) is 0 Å². The molecule has 0 saturated carbocycles. The molecule has 8 heteroatoms. The van der Waals surface area contributed by atoms with Crippen LogP contribution in [0.3, 0.4) is 0 Å². The van der Waals surface area contributed by atoms with Crippen LogP contribution in [0.2, 0.25) is 0 Å². The van der Waals surface area contributed by atoms with E-state index in [0.717, 1.165) is 25.9 Å². The van der Waals surface area contributed by atoms with Crippen LogP contribution in [0, 0.1) is 10.1 Å². The lowest BCUT2D eigenvalue weighted by atomic mass is 10.1. The lowest BCUT2D eigenvalue weighted by Crippen LogP contribution is -2.41. The molecule has 2 heterocycles. The highest BCUT2D eigenvalue weighted by atomic mass is 16.6. The maximum Gasteiger partial charge on any atom is 0.270 e. The van der Waals surface area contributed by atoms with Gasteiger partial charge in [-0.2, -0.15) is 0 Å². The summed E-state index contributed by atoms with van der Waals surface area (Å²) in [6.07, 6.45) is 3.49. The highest BCUT2D eigenvalue weighted by Gasteiger charge is 2.24. The number of carbonyl (C=O) groups excluding carboxylic acids is 1. The molecule has 8 nitrogen and oxygen atoms in total. The molecule has 1 aliphatic rings. The van der Waals surface area contributed by atoms with E-state index >= 15 is 0 Å². The molecule has 0 bridgehead atoms. The Labute approximate surface area is 144 Å². The van der Waals surface area contributed by atoms with Crippen molar-refractivity contribution in [2.45, 2.75) is 25.8 Å². The molecule has 1 aliphatic heterocycles. The Bertz CT molecular complexity index is 877. The van der Waals surface area contributed by atoms with Gasteiger partial charge in [-0.15, -0.1) is 0 Å². The molecule has 1 aromatic carbocycles. The first-order valence-corrected chi connectivity index (χ1v) is 8.33. The van der Waals surface area contributed by atoms with E-state index in [9.17, 15) is 19.7 Å². The van der Waals surface area contributed by atoms with Crippen molar-refractivity contribution in [3.05, 3.63) is 50.3 Å². The molecule has 1 atom stereocenters. The molecule has 3 rings (SSSR count). The average molecular weight is 344 g/mol. The Morgan fingerprint density at radius 1 is 1.48 bits per heavy atom. The number of non-ortho nitro benzene ring substituents is 1. The number of hydrogen-bond acceptors (Lipinski definition) is 5. The van der Waals surface area contributed by atoms with E-state index in [-0.39, 0.29) is 22.7 Å². The third kappa shape index (κ3) is 3.39. The van der Waals surface area contributed by atoms with E-state index in [0.29, 0.717) is 12.1 Å². The van der Waals surface area contributed by atoms with Crippen molar-refractivity contribution in [1.82, 2.24) is 15.2 Å². The maximum atomic E-state index is 12.5. The number of H-pyrrole nitrogens is 1. The number of hydrogen-bond donors (Lipinski definition) is 2. The summed E-state index contributed by atoms with van der Waals surface area (Å²) < 4.78 is 0. The standard InChI is InChI=1S/C17H20N4O4/c1-2-20-7-3-4-12(20)9-19-17(23)14-10-18-15-6-5-11(21(24)25)8-13(15)16(14)22/h5-6,8,10,12H,2-4,7,9H2,1H3,(H,18,22)(H,19,23). The average Bonchev–Trinajstić information content (AvgIpc) is 3.07. The fourth-order valence-corrected chi connectivity index (χ4v) is 3.34. The number of carbonyl (C=O) groups is 1. The summed E-state index contributed by atoms with van der Waals surface area (Å²) in [6.45, 7) is 4.53. The van der Waals surface area contributed by atoms with Gasteiger partial charge in [-0.3, -0.25) is 24.6 Å². The maximum absolute atomic E-state index is 12.5. The predicted octanol–water partition coefficient (Wildman–Crippen LogP) is 1.65. The molecular formula is C17H20N4O4. The van der Waals surface area contributed by atoms with Gasteiger partial charge in [-0.05, 0) is 32.0 Å². The fraction of sp³-hybridized carbons (Fsp3) is 0.412. The van der Waals surface area contributed by atoms with Crippen molar-refractivity contribution >= 4 is 22.5 Å². The number of likely N-dealkylation sites (tertiary alicyclic amines) is 1. The van der Waals surface area contributed by atoms with Crippen LogP contribution in [0.1, 0.15) is 30.1 Å². The molecule has 1 unspecified atom stereocenters. The van der Waals surface area contributed by atoms with Crippen molar-refractivity contribution in [2.75, 3.05) is 19.6 Å². The zero-order chi connectivity index (χ0) is 18.0. The highest BCUT2D eigenvalue weighted by Crippen LogP contribution is 2.18. The Kier molecular flexibility index (Phi) is 4.80. The summed E-state index contributed by atoms with van der Waals surface area (Å²) in [5.41, 5.74) is -0.261. The minimum Gasteiger partial charge on any atom is -0.360 e. The van der Waals surface area contributed by atoms with Crippen LogP contribution >= 0.6 is 0 Å². The van der Waals surface area contributed by atoms with Gasteiger partial charge < -0.3 is 10.3 Å². The smallest absolute Gasteiger partial charge is 0.270 e. The Balaban J connectivity index is 1.82. The summed E-state index contributed by atoms with van der Waals surface area (Å²) >= 11 is 0. The summed E-state index contributed by atoms with van der Waals surface area (Å²) in [5, 5.41) is 13.8. The van der Waals surface area contributed by atoms with E-state index in [1.807, 2.05) is 0 Å². The topological polar surface area (TPSA) is 108 Å². The van der Waals surface area contributed by atoms with Crippen molar-refractivity contribution in [3.63, 3.8) is 0 Å². The van der Waals surface area contributed by atoms with Crippen molar-refractivity contribution < 1.29 is 9.72 Å². The Morgan fingerprint density at radius 3 is 3.00 bits per heavy atom. The number of nitrogens with one attached hydrogen (secondary N) is 2. The van der Waals surface area contributed by atoms with Crippen molar-refractivity contribution in [3.8, 4) is 0 Å². The van der Waals surface area contributed by atoms with Crippen LogP contribution in [-0.4, -0.2) is 46.4 Å². The molecule has 25 heavy (non-hydrogen) atoms. The first-order valence-electron chi connectivity index (χ1n) is 8.33. The van der Waals surface area contributed by atoms with Gasteiger partial charge in [0.1, 0.15) is 5.56 Å². The second kappa shape index (κ2) is 7.02. The number of amides is 1. The quantitative estimate of drug-likeness (QED) is 0.633. The second-order valence-corrected chi connectivity index (χ2v) is 6.15. The third-order valence-electron chi connectivity index (χ3n) is 4.72. The van der Waals surface area contributed by atoms with Crippen LogP contribution in [0.15, 0.2) is 29.2 Å². The zero-order valence-corrected chi connectivity index (χ0v) is 13.9. The lowest BCUT2D eigenvalue weighted by Gasteiger charge is -2.22. The van der Waals surface area contributed by atoms with Gasteiger partial charge in [0.2, 0.25) is 5.43 Å². The molecule has 0 spiro atoms. The van der Waals surface area contributed by atoms with Crippen LogP contribution in [0.5, 0.6) is 0 Å². The van der Waals surface area contributed by atoms with Gasteiger partial charge in [-0.25, -0.2) is 0 Å². The molecule has 2 aromatic rings. The summed E-state index contributed by atoms with van der Waals surface area (Å²) in [4.78, 5) is 40.4. The molecule has 0 radical (unpaired) electrons. The number of nitro benzene ring substituents is 1. The Hall–Kier alpha value is -2.74. The molecular weight excluding hydrogens is 324 g/mol. The van der Waals surface area contributed by atoms with Gasteiger partial charge in [0.25, 0.3) is 11.6 Å². The van der Waals surface area contributed by atoms with Crippen LogP contribution in [0.4, 0.5) is 5.69 Å². The third-order valence-corrected chi connectivity index (χ3v) is 4.72. The van der Waals surface area contributed by atoms with Gasteiger partial charge in [-0.1, -0.05) is 6.92 Å². The molecule has 0 aliphatic carbocycles. The number of aromatic nitrogens is 1. The van der Waals surface area contributed by atoms with E-state index in [1.165, 1.54) is 24.4 Å². The van der Waals surface area contributed by atoms with E-state index in [1.54, 1.807) is 0 Å². The summed E-state index contributed by atoms with van der Waals surface area (Å²) in [6, 6.07) is 4.27. The number of pyridine rings is 1. The lowest BCUT2D eigenvalue weighted by molar-refractivity contribution is -0.384. The molecule has 1 amide bonds. The summed E-state index contributed by atoms with van der Waals surface area (Å²) in [7, 11) is 0. The Morgan fingerprint density at radius 2 is 2.28 bits per heavy atom. The first-order chi connectivity index (χ1) is 12.0. The van der Waals surface area contributed by atoms with Gasteiger partial charge in [0, 0.05) is 36.4 Å². The van der Waals surface area contributed by atoms with E-state index in [2.05, 4.69) is 22.1 Å². The minimum absolute atomic E-state index is 0.0333. The SMILES string of the molecule is CCN1CCCC1CNC(=O)c1c[nH]c2ccc([N+](=O)[O-])cc2c1=O. The molecule has 1 aromatic heterocycles. The van der Waals surface area contributed by atoms with E-state index < -0.39 is 16.3 Å². The van der Waals surface area contributed by atoms with Crippen molar-refractivity contribution in [2.24, 2.45) is 0 Å². The fourth-order valence-electron chi connectivity index (χ4n) is 3.34. The molecule has 1 saturated heterocycles. The van der Waals surface area contributed by atoms with Gasteiger partial charge >= 0.3 is 0 Å². The minimum atomic E-state index is -0.564. The second-order valence-electron chi connectivity index (χ2n) is 6.15. The number of aromatic amines is 1. The van der Waals surface area contributed by atoms with Crippen LogP contribution in [0.25, 0.3) is 10.9 Å². The van der Waals surface area contributed by atoms with Crippen LogP contribution < -0.4 is 10.7 Å². The van der Waals surface area contributed by atoms with Crippen molar-refractivity contribution in [1.29, 1.82) is 0 Å². The van der Waals surface area contributed by atoms with Gasteiger partial charge in [0.05, 0.1) is 10.3 Å². The zero-order valence-electron chi connectivity index (χ0n) is 13.9. The first kappa shape index (κ1) is 17.1.